The van der Waals surface area contributed by atoms with E-state index in [9.17, 15) is 21.6 Å². The van der Waals surface area contributed by atoms with Gasteiger partial charge in [0.25, 0.3) is 0 Å². The van der Waals surface area contributed by atoms with Crippen LogP contribution in [0.15, 0.2) is 59.5 Å². The molecule has 0 atom stereocenters. The molecule has 0 amide bonds. The van der Waals surface area contributed by atoms with E-state index in [4.69, 9.17) is 5.14 Å². The maximum absolute atomic E-state index is 13.4. The Balaban J connectivity index is 1.79. The standard InChI is InChI=1S/C21H18F3NO2S/c1-13-2-3-15(10-19(13)21(22,23)24)18-12-20(8-9-20)11-17(18)14-4-6-16(7-5-14)28(25,26)27/h2-7,10-12H,8-9H2,1H3,(H2,25,26,27). The van der Waals surface area contributed by atoms with Crippen LogP contribution in [0.25, 0.3) is 11.1 Å². The van der Waals surface area contributed by atoms with Crippen LogP contribution in [0.5, 0.6) is 0 Å². The van der Waals surface area contributed by atoms with Crippen molar-refractivity contribution in [2.45, 2.75) is 30.8 Å². The van der Waals surface area contributed by atoms with Crippen molar-refractivity contribution in [3.63, 3.8) is 0 Å². The molecule has 3 nitrogen and oxygen atoms in total. The van der Waals surface area contributed by atoms with E-state index >= 15 is 0 Å². The zero-order chi connectivity index (χ0) is 20.3. The van der Waals surface area contributed by atoms with E-state index in [1.807, 2.05) is 6.08 Å². The highest BCUT2D eigenvalue weighted by Gasteiger charge is 2.43. The zero-order valence-electron chi connectivity index (χ0n) is 15.0. The summed E-state index contributed by atoms with van der Waals surface area (Å²) in [6.45, 7) is 1.45. The van der Waals surface area contributed by atoms with Gasteiger partial charge in [-0.05, 0) is 65.8 Å². The van der Waals surface area contributed by atoms with Crippen molar-refractivity contribution < 1.29 is 21.6 Å². The van der Waals surface area contributed by atoms with Gasteiger partial charge >= 0.3 is 6.18 Å². The first-order valence-corrected chi connectivity index (χ1v) is 10.3. The molecule has 4 rings (SSSR count). The van der Waals surface area contributed by atoms with Crippen molar-refractivity contribution in [3.8, 4) is 0 Å². The number of primary sulfonamides is 1. The Bertz CT molecular complexity index is 1120. The molecule has 2 aliphatic rings. The number of benzene rings is 2. The van der Waals surface area contributed by atoms with Gasteiger partial charge in [-0.2, -0.15) is 13.2 Å². The fourth-order valence-corrected chi connectivity index (χ4v) is 4.12. The summed E-state index contributed by atoms with van der Waals surface area (Å²) in [6, 6.07) is 10.5. The largest absolute Gasteiger partial charge is 0.416 e. The minimum atomic E-state index is -4.42. The molecule has 0 saturated heterocycles. The predicted octanol–water partition coefficient (Wildman–Crippen LogP) is 4.92. The van der Waals surface area contributed by atoms with Crippen LogP contribution in [0.2, 0.25) is 0 Å². The summed E-state index contributed by atoms with van der Waals surface area (Å²) < 4.78 is 63.0. The average molecular weight is 405 g/mol. The molecule has 0 aliphatic heterocycles. The summed E-state index contributed by atoms with van der Waals surface area (Å²) in [7, 11) is -3.81. The van der Waals surface area contributed by atoms with Gasteiger partial charge in [0.15, 0.2) is 0 Å². The Labute approximate surface area is 161 Å². The number of aryl methyl sites for hydroxylation is 1. The molecule has 1 spiro atoms. The quantitative estimate of drug-likeness (QED) is 0.788. The SMILES string of the molecule is Cc1ccc(C2=CC3(C=C2c2ccc(S(N)(=O)=O)cc2)CC3)cc1C(F)(F)F. The maximum Gasteiger partial charge on any atom is 0.416 e. The van der Waals surface area contributed by atoms with Crippen molar-refractivity contribution >= 4 is 21.2 Å². The van der Waals surface area contributed by atoms with Crippen LogP contribution in [-0.2, 0) is 16.2 Å². The third-order valence-electron chi connectivity index (χ3n) is 5.33. The highest BCUT2D eigenvalue weighted by Crippen LogP contribution is 2.57. The second-order valence-electron chi connectivity index (χ2n) is 7.45. The van der Waals surface area contributed by atoms with Gasteiger partial charge in [-0.3, -0.25) is 0 Å². The van der Waals surface area contributed by atoms with E-state index in [0.29, 0.717) is 5.56 Å². The Hall–Kier alpha value is -2.38. The first-order chi connectivity index (χ1) is 13.0. The molecule has 0 aromatic heterocycles. The normalized spacial score (nSPS) is 18.2. The Morgan fingerprint density at radius 2 is 1.46 bits per heavy atom. The van der Waals surface area contributed by atoms with Gasteiger partial charge in [0, 0.05) is 5.41 Å². The third-order valence-corrected chi connectivity index (χ3v) is 6.26. The van der Waals surface area contributed by atoms with E-state index in [1.54, 1.807) is 18.2 Å². The number of hydrogen-bond acceptors (Lipinski definition) is 2. The number of rotatable bonds is 3. The molecule has 7 heteroatoms. The average Bonchev–Trinajstić information content (AvgIpc) is 3.25. The molecule has 2 aromatic rings. The lowest BCUT2D eigenvalue weighted by Crippen LogP contribution is -2.11. The lowest BCUT2D eigenvalue weighted by atomic mass is 9.92. The Morgan fingerprint density at radius 3 is 1.96 bits per heavy atom. The van der Waals surface area contributed by atoms with Crippen molar-refractivity contribution in [2.24, 2.45) is 10.6 Å². The topological polar surface area (TPSA) is 60.2 Å². The lowest BCUT2D eigenvalue weighted by Gasteiger charge is -2.15. The molecule has 0 radical (unpaired) electrons. The van der Waals surface area contributed by atoms with E-state index in [1.165, 1.54) is 31.2 Å². The molecule has 0 bridgehead atoms. The molecule has 2 aliphatic carbocycles. The summed E-state index contributed by atoms with van der Waals surface area (Å²) in [5.74, 6) is 0. The number of hydrogen-bond donors (Lipinski definition) is 1. The van der Waals surface area contributed by atoms with Crippen LogP contribution < -0.4 is 5.14 Å². The van der Waals surface area contributed by atoms with E-state index in [-0.39, 0.29) is 15.9 Å². The number of sulfonamides is 1. The minimum Gasteiger partial charge on any atom is -0.225 e. The molecule has 1 fully saturated rings. The number of nitrogens with two attached hydrogens (primary N) is 1. The molecule has 0 unspecified atom stereocenters. The summed E-state index contributed by atoms with van der Waals surface area (Å²) in [6.07, 6.45) is 1.58. The van der Waals surface area contributed by atoms with Gasteiger partial charge in [0.1, 0.15) is 0 Å². The fourth-order valence-electron chi connectivity index (χ4n) is 3.60. The van der Waals surface area contributed by atoms with Crippen LogP contribution in [-0.4, -0.2) is 8.42 Å². The Morgan fingerprint density at radius 1 is 0.929 bits per heavy atom. The second-order valence-corrected chi connectivity index (χ2v) is 9.01. The minimum absolute atomic E-state index is 0.00351. The number of alkyl halides is 3. The van der Waals surface area contributed by atoms with Crippen molar-refractivity contribution in [3.05, 3.63) is 76.9 Å². The van der Waals surface area contributed by atoms with Gasteiger partial charge in [0.05, 0.1) is 10.5 Å². The predicted molar refractivity (Wildman–Crippen MR) is 102 cm³/mol. The molecule has 2 N–H and O–H groups in total. The Kier molecular flexibility index (Phi) is 4.10. The summed E-state index contributed by atoms with van der Waals surface area (Å²) in [5, 5.41) is 5.14. The van der Waals surface area contributed by atoms with Gasteiger partial charge in [0.2, 0.25) is 10.0 Å². The van der Waals surface area contributed by atoms with Crippen molar-refractivity contribution in [2.75, 3.05) is 0 Å². The molecule has 0 heterocycles. The van der Waals surface area contributed by atoms with Crippen LogP contribution in [0.1, 0.15) is 35.1 Å². The molecule has 2 aromatic carbocycles. The van der Waals surface area contributed by atoms with Gasteiger partial charge in [-0.1, -0.05) is 36.4 Å². The molecule has 28 heavy (non-hydrogen) atoms. The van der Waals surface area contributed by atoms with Crippen LogP contribution >= 0.6 is 0 Å². The fraction of sp³-hybridized carbons (Fsp3) is 0.238. The summed E-state index contributed by atoms with van der Waals surface area (Å²) in [4.78, 5) is -0.00351. The molecule has 1 saturated carbocycles. The van der Waals surface area contributed by atoms with Gasteiger partial charge < -0.3 is 0 Å². The van der Waals surface area contributed by atoms with Gasteiger partial charge in [-0.25, -0.2) is 13.6 Å². The smallest absolute Gasteiger partial charge is 0.225 e. The molecular formula is C21H18F3NO2S. The van der Waals surface area contributed by atoms with Gasteiger partial charge in [-0.15, -0.1) is 0 Å². The third kappa shape index (κ3) is 3.40. The van der Waals surface area contributed by atoms with Crippen LogP contribution in [0.3, 0.4) is 0 Å². The van der Waals surface area contributed by atoms with Crippen molar-refractivity contribution in [1.82, 2.24) is 0 Å². The summed E-state index contributed by atoms with van der Waals surface area (Å²) >= 11 is 0. The molecule has 146 valence electrons. The summed E-state index contributed by atoms with van der Waals surface area (Å²) in [5.41, 5.74) is 2.24. The van der Waals surface area contributed by atoms with E-state index in [2.05, 4.69) is 6.08 Å². The first-order valence-electron chi connectivity index (χ1n) is 8.76. The number of halogens is 3. The highest BCUT2D eigenvalue weighted by molar-refractivity contribution is 7.89. The van der Waals surface area contributed by atoms with E-state index < -0.39 is 21.8 Å². The maximum atomic E-state index is 13.4. The molecular weight excluding hydrogens is 387 g/mol. The lowest BCUT2D eigenvalue weighted by molar-refractivity contribution is -0.138. The van der Waals surface area contributed by atoms with E-state index in [0.717, 1.165) is 29.6 Å². The first kappa shape index (κ1) is 19.0. The highest BCUT2D eigenvalue weighted by atomic mass is 32.2. The van der Waals surface area contributed by atoms with Crippen LogP contribution in [0, 0.1) is 12.3 Å². The van der Waals surface area contributed by atoms with Crippen LogP contribution in [0.4, 0.5) is 13.2 Å². The second kappa shape index (κ2) is 6.06. The zero-order valence-corrected chi connectivity index (χ0v) is 15.9. The number of allylic oxidation sites excluding steroid dienone is 4. The van der Waals surface area contributed by atoms with Crippen molar-refractivity contribution in [1.29, 1.82) is 0 Å². The monoisotopic (exact) mass is 405 g/mol.